The molecule has 0 spiro atoms. The van der Waals surface area contributed by atoms with Gasteiger partial charge in [-0.1, -0.05) is 29.4 Å². The number of nitrogens with two attached hydrogens (primary N) is 1. The molecule has 2 heterocycles. The summed E-state index contributed by atoms with van der Waals surface area (Å²) in [6.07, 6.45) is 2.61. The number of hydrogen-bond acceptors (Lipinski definition) is 6. The van der Waals surface area contributed by atoms with Gasteiger partial charge in [-0.2, -0.15) is 5.10 Å². The summed E-state index contributed by atoms with van der Waals surface area (Å²) in [7, 11) is 1.83. The Morgan fingerprint density at radius 2 is 2.25 bits per heavy atom. The third-order valence-corrected chi connectivity index (χ3v) is 4.62. The van der Waals surface area contributed by atoms with Crippen LogP contribution in [0.1, 0.15) is 41.2 Å². The predicted octanol–water partition coefficient (Wildman–Crippen LogP) is 1.93. The maximum absolute atomic E-state index is 6.28. The zero-order chi connectivity index (χ0) is 14.7. The first-order valence-corrected chi connectivity index (χ1v) is 7.68. The van der Waals surface area contributed by atoms with Crippen molar-refractivity contribution in [1.82, 2.24) is 24.8 Å². The molecule has 0 saturated heterocycles. The van der Waals surface area contributed by atoms with Gasteiger partial charge in [0.2, 0.25) is 0 Å². The number of hydrazine groups is 1. The van der Waals surface area contributed by atoms with Crippen LogP contribution < -0.4 is 11.3 Å². The molecule has 0 amide bonds. The molecule has 6 nitrogen and oxygen atoms in total. The third-order valence-electron chi connectivity index (χ3n) is 3.27. The van der Waals surface area contributed by atoms with E-state index in [9.17, 15) is 0 Å². The number of nitrogens with zero attached hydrogens (tertiary/aromatic N) is 4. The summed E-state index contributed by atoms with van der Waals surface area (Å²) in [4.78, 5) is 1.08. The quantitative estimate of drug-likeness (QED) is 0.629. The molecule has 1 unspecified atom stereocenters. The van der Waals surface area contributed by atoms with Crippen LogP contribution in [0, 0.1) is 6.92 Å². The Balaban J connectivity index is 2.26. The second-order valence-corrected chi connectivity index (χ2v) is 5.88. The molecule has 0 bridgehead atoms. The maximum Gasteiger partial charge on any atom is 0.130 e. The molecule has 0 saturated carbocycles. The van der Waals surface area contributed by atoms with E-state index < -0.39 is 0 Å². The summed E-state index contributed by atoms with van der Waals surface area (Å²) in [5.74, 6) is 5.71. The van der Waals surface area contributed by atoms with Crippen LogP contribution in [0.2, 0.25) is 5.15 Å². The second kappa shape index (κ2) is 6.62. The summed E-state index contributed by atoms with van der Waals surface area (Å²) in [5, 5.41) is 9.16. The normalized spacial score (nSPS) is 12.8. The van der Waals surface area contributed by atoms with Crippen molar-refractivity contribution in [2.75, 3.05) is 0 Å². The van der Waals surface area contributed by atoms with Crippen molar-refractivity contribution in [2.24, 2.45) is 12.9 Å². The van der Waals surface area contributed by atoms with Crippen LogP contribution in [-0.4, -0.2) is 19.4 Å². The third kappa shape index (κ3) is 3.01. The topological polar surface area (TPSA) is 81.7 Å². The Bertz CT molecular complexity index is 579. The summed E-state index contributed by atoms with van der Waals surface area (Å²) >= 11 is 7.67. The Hall–Kier alpha value is -1.02. The molecule has 0 aliphatic carbocycles. The first-order chi connectivity index (χ1) is 9.58. The van der Waals surface area contributed by atoms with Crippen molar-refractivity contribution in [1.29, 1.82) is 0 Å². The van der Waals surface area contributed by atoms with E-state index in [1.54, 1.807) is 4.68 Å². The lowest BCUT2D eigenvalue weighted by Gasteiger charge is -2.15. The van der Waals surface area contributed by atoms with Crippen LogP contribution in [0.25, 0.3) is 0 Å². The van der Waals surface area contributed by atoms with E-state index in [-0.39, 0.29) is 6.04 Å². The summed E-state index contributed by atoms with van der Waals surface area (Å²) in [5.41, 5.74) is 5.79. The SMILES string of the molecule is CCCc1nnsc1C(Cc1c(C)nn(C)c1Cl)NN. The fraction of sp³-hybridized carbons (Fsp3) is 0.583. The Morgan fingerprint density at radius 3 is 2.80 bits per heavy atom. The summed E-state index contributed by atoms with van der Waals surface area (Å²) in [6.45, 7) is 4.07. The van der Waals surface area contributed by atoms with E-state index in [4.69, 9.17) is 17.4 Å². The van der Waals surface area contributed by atoms with Gasteiger partial charge in [-0.25, -0.2) is 0 Å². The van der Waals surface area contributed by atoms with Gasteiger partial charge in [-0.05, 0) is 31.3 Å². The van der Waals surface area contributed by atoms with Gasteiger partial charge in [-0.15, -0.1) is 5.10 Å². The minimum atomic E-state index is -0.0445. The standard InChI is InChI=1S/C12H19ClN6S/c1-4-5-9-11(20-18-16-9)10(15-14)6-8-7(2)17-19(3)12(8)13/h10,15H,4-6,14H2,1-3H3. The molecule has 2 aromatic heterocycles. The summed E-state index contributed by atoms with van der Waals surface area (Å²) < 4.78 is 5.72. The van der Waals surface area contributed by atoms with E-state index in [1.165, 1.54) is 11.5 Å². The molecule has 2 rings (SSSR count). The van der Waals surface area contributed by atoms with E-state index in [0.29, 0.717) is 11.6 Å². The van der Waals surface area contributed by atoms with Crippen LogP contribution in [0.5, 0.6) is 0 Å². The lowest BCUT2D eigenvalue weighted by atomic mass is 10.0. The first-order valence-electron chi connectivity index (χ1n) is 6.53. The molecule has 2 aromatic rings. The lowest BCUT2D eigenvalue weighted by Crippen LogP contribution is -2.29. The van der Waals surface area contributed by atoms with Gasteiger partial charge >= 0.3 is 0 Å². The van der Waals surface area contributed by atoms with Crippen LogP contribution in [0.3, 0.4) is 0 Å². The number of aryl methyl sites for hydroxylation is 3. The van der Waals surface area contributed by atoms with Crippen molar-refractivity contribution >= 4 is 23.1 Å². The highest BCUT2D eigenvalue weighted by molar-refractivity contribution is 7.05. The highest BCUT2D eigenvalue weighted by Gasteiger charge is 2.22. The number of aromatic nitrogens is 4. The van der Waals surface area contributed by atoms with Gasteiger partial charge in [-0.3, -0.25) is 16.0 Å². The molecule has 0 aromatic carbocycles. The summed E-state index contributed by atoms with van der Waals surface area (Å²) in [6, 6.07) is -0.0445. The zero-order valence-corrected chi connectivity index (χ0v) is 13.4. The minimum absolute atomic E-state index is 0.0445. The largest absolute Gasteiger partial charge is 0.271 e. The molecule has 3 N–H and O–H groups in total. The number of hydrogen-bond donors (Lipinski definition) is 2. The van der Waals surface area contributed by atoms with Gasteiger partial charge in [0.15, 0.2) is 0 Å². The Kier molecular flexibility index (Phi) is 5.09. The fourth-order valence-corrected chi connectivity index (χ4v) is 3.23. The van der Waals surface area contributed by atoms with Gasteiger partial charge in [0.25, 0.3) is 0 Å². The van der Waals surface area contributed by atoms with Crippen molar-refractivity contribution in [3.05, 3.63) is 27.0 Å². The molecule has 20 heavy (non-hydrogen) atoms. The van der Waals surface area contributed by atoms with Crippen molar-refractivity contribution in [3.8, 4) is 0 Å². The smallest absolute Gasteiger partial charge is 0.130 e. The van der Waals surface area contributed by atoms with E-state index in [0.717, 1.165) is 34.7 Å². The lowest BCUT2D eigenvalue weighted by molar-refractivity contribution is 0.553. The average molecular weight is 315 g/mol. The number of rotatable bonds is 6. The van der Waals surface area contributed by atoms with E-state index in [2.05, 4.69) is 27.0 Å². The molecule has 0 aliphatic rings. The molecule has 0 aliphatic heterocycles. The van der Waals surface area contributed by atoms with Gasteiger partial charge in [0, 0.05) is 12.6 Å². The van der Waals surface area contributed by atoms with Crippen molar-refractivity contribution in [2.45, 2.75) is 39.2 Å². The highest BCUT2D eigenvalue weighted by Crippen LogP contribution is 2.28. The average Bonchev–Trinajstić information content (AvgIpc) is 2.96. The second-order valence-electron chi connectivity index (χ2n) is 4.74. The minimum Gasteiger partial charge on any atom is -0.271 e. The van der Waals surface area contributed by atoms with Crippen LogP contribution >= 0.6 is 23.1 Å². The van der Waals surface area contributed by atoms with Crippen molar-refractivity contribution < 1.29 is 0 Å². The number of nitrogens with one attached hydrogen (secondary N) is 1. The molecule has 1 atom stereocenters. The Morgan fingerprint density at radius 1 is 1.50 bits per heavy atom. The van der Waals surface area contributed by atoms with E-state index in [1.807, 2.05) is 14.0 Å². The van der Waals surface area contributed by atoms with Gasteiger partial charge in [0.1, 0.15) is 5.15 Å². The van der Waals surface area contributed by atoms with Crippen molar-refractivity contribution in [3.63, 3.8) is 0 Å². The zero-order valence-electron chi connectivity index (χ0n) is 11.9. The molecule has 0 fully saturated rings. The monoisotopic (exact) mass is 314 g/mol. The maximum atomic E-state index is 6.28. The van der Waals surface area contributed by atoms with Gasteiger partial charge in [0.05, 0.1) is 22.3 Å². The molecular weight excluding hydrogens is 296 g/mol. The highest BCUT2D eigenvalue weighted by atomic mass is 35.5. The fourth-order valence-electron chi connectivity index (χ4n) is 2.23. The van der Waals surface area contributed by atoms with Crippen LogP contribution in [0.4, 0.5) is 0 Å². The van der Waals surface area contributed by atoms with E-state index >= 15 is 0 Å². The molecule has 110 valence electrons. The molecule has 0 radical (unpaired) electrons. The number of halogens is 1. The van der Waals surface area contributed by atoms with Gasteiger partial charge < -0.3 is 0 Å². The first kappa shape index (κ1) is 15.4. The molecule has 8 heteroatoms. The Labute approximate surface area is 127 Å². The van der Waals surface area contributed by atoms with Crippen LogP contribution in [0.15, 0.2) is 0 Å². The van der Waals surface area contributed by atoms with Crippen LogP contribution in [-0.2, 0) is 19.9 Å². The predicted molar refractivity (Wildman–Crippen MR) is 80.6 cm³/mol. The molecular formula is C12H19ClN6S.